The van der Waals surface area contributed by atoms with Gasteiger partial charge in [0.25, 0.3) is 0 Å². The molecule has 0 saturated heterocycles. The second kappa shape index (κ2) is 16.2. The third kappa shape index (κ3) is 45.3. The maximum atomic E-state index is 9.81. The fraction of sp³-hybridized carbons (Fsp3) is 0. The van der Waals surface area contributed by atoms with Gasteiger partial charge < -0.3 is 10.6 Å². The minimum absolute atomic E-state index is 0. The Bertz CT molecular complexity index is 14.9. The summed E-state index contributed by atoms with van der Waals surface area (Å²) < 4.78 is 29.4. The van der Waals surface area contributed by atoms with Crippen LogP contribution in [0.1, 0.15) is 0 Å². The number of halogens is 3. The third-order valence-electron chi connectivity index (χ3n) is 0. The molecule has 0 aliphatic heterocycles. The van der Waals surface area contributed by atoms with E-state index in [4.69, 9.17) is 0 Å². The van der Waals surface area contributed by atoms with Crippen LogP contribution in [0, 0.1) is 0 Å². The van der Waals surface area contributed by atoms with Gasteiger partial charge in [0.2, 0.25) is 0 Å². The van der Waals surface area contributed by atoms with Crippen molar-refractivity contribution in [2.75, 3.05) is 0 Å². The first-order valence-electron chi connectivity index (χ1n) is 0.655. The van der Waals surface area contributed by atoms with E-state index in [2.05, 4.69) is 0 Å². The molecule has 0 saturated carbocycles. The molecule has 0 heterocycles. The van der Waals surface area contributed by atoms with Crippen molar-refractivity contribution in [2.45, 2.75) is 0 Å². The molecule has 0 bridgehead atoms. The van der Waals surface area contributed by atoms with Gasteiger partial charge in [0.05, 0.1) is 0 Å². The van der Waals surface area contributed by atoms with Crippen molar-refractivity contribution in [3.63, 3.8) is 0 Å². The zero-order valence-electron chi connectivity index (χ0n) is 1.71. The molecule has 0 aromatic rings. The first-order valence-corrected chi connectivity index (χ1v) is 1.96. The average Bonchev–Trinajstić information content (AvgIpc) is 0.811. The van der Waals surface area contributed by atoms with E-state index in [1.807, 2.05) is 0 Å². The molecule has 30 valence electrons. The zero-order chi connectivity index (χ0) is 3.58. The maximum absolute atomic E-state index is 9.81. The van der Waals surface area contributed by atoms with Crippen molar-refractivity contribution in [3.05, 3.63) is 0 Å². The van der Waals surface area contributed by atoms with E-state index < -0.39 is 15.5 Å². The fourth-order valence-corrected chi connectivity index (χ4v) is 0. The van der Waals surface area contributed by atoms with Crippen LogP contribution in [0.5, 0.6) is 0 Å². The van der Waals surface area contributed by atoms with Gasteiger partial charge >= 0.3 is 104 Å². The van der Waals surface area contributed by atoms with E-state index in [0.717, 1.165) is 0 Å². The topological polar surface area (TPSA) is 0 Å². The summed E-state index contributed by atoms with van der Waals surface area (Å²) in [7, 11) is 0. The van der Waals surface area contributed by atoms with Gasteiger partial charge in [-0.05, 0) is 0 Å². The average molecular weight is 156 g/mol. The van der Waals surface area contributed by atoms with Crippen LogP contribution >= 0.6 is 0 Å². The van der Waals surface area contributed by atoms with Gasteiger partial charge in [0, 0.05) is 0 Å². The Morgan fingerprint density at radius 1 is 0.714 bits per heavy atom. The van der Waals surface area contributed by atoms with Crippen molar-refractivity contribution < 1.29 is 10.6 Å². The molecule has 0 nitrogen and oxygen atoms in total. The molecular formula is H3AlF3Na3. The molecule has 0 fully saturated rings. The normalized spacial score (nSPS) is 3.86. The summed E-state index contributed by atoms with van der Waals surface area (Å²) in [6.45, 7) is 0. The van der Waals surface area contributed by atoms with E-state index in [9.17, 15) is 10.6 Å². The predicted molar refractivity (Wildman–Crippen MR) is 30.5 cm³/mol. The standard InChI is InChI=1S/Al.3FH.3Na.3H/h;3*1H;;;;;;/q+3;;;;;;;;;/p-3. The van der Waals surface area contributed by atoms with Crippen LogP contribution in [-0.4, -0.2) is 104 Å². The quantitative estimate of drug-likeness (QED) is 0.392. The molecule has 0 spiro atoms. The van der Waals surface area contributed by atoms with E-state index in [-0.39, 0.29) is 88.7 Å². The molecule has 0 aliphatic carbocycles. The minimum atomic E-state index is -4.64. The van der Waals surface area contributed by atoms with Crippen LogP contribution < -0.4 is 0 Å². The Kier molecular flexibility index (Phi) is 51.8. The van der Waals surface area contributed by atoms with Crippen LogP contribution in [0.25, 0.3) is 0 Å². The summed E-state index contributed by atoms with van der Waals surface area (Å²) in [5.41, 5.74) is 0. The summed E-state index contributed by atoms with van der Waals surface area (Å²) >= 11 is -4.64. The van der Waals surface area contributed by atoms with Gasteiger partial charge in [0.15, 0.2) is 0 Å². The van der Waals surface area contributed by atoms with Gasteiger partial charge in [-0.1, -0.05) is 0 Å². The first kappa shape index (κ1) is 22.4. The van der Waals surface area contributed by atoms with Gasteiger partial charge in [-0.25, -0.2) is 0 Å². The van der Waals surface area contributed by atoms with Gasteiger partial charge in [-0.2, -0.15) is 0 Å². The van der Waals surface area contributed by atoms with Crippen LogP contribution in [0.2, 0.25) is 0 Å². The van der Waals surface area contributed by atoms with Crippen molar-refractivity contribution in [1.82, 2.24) is 0 Å². The Morgan fingerprint density at radius 2 is 0.714 bits per heavy atom. The van der Waals surface area contributed by atoms with Gasteiger partial charge in [-0.3, -0.25) is 0 Å². The molecule has 0 rings (SSSR count). The van der Waals surface area contributed by atoms with E-state index in [1.54, 1.807) is 0 Å². The first-order chi connectivity index (χ1) is 1.73. The zero-order valence-corrected chi connectivity index (χ0v) is 2.87. The van der Waals surface area contributed by atoms with Gasteiger partial charge in [-0.15, -0.1) is 0 Å². The fourth-order valence-electron chi connectivity index (χ4n) is 0. The molecule has 0 aromatic carbocycles. The molecule has 0 aromatic heterocycles. The monoisotopic (exact) mass is 156 g/mol. The predicted octanol–water partition coefficient (Wildman–Crippen LogP) is -1.07. The molecular weight excluding hydrogens is 153 g/mol. The Morgan fingerprint density at radius 3 is 0.714 bits per heavy atom. The summed E-state index contributed by atoms with van der Waals surface area (Å²) in [5, 5.41) is 0. The second-order valence-corrected chi connectivity index (χ2v) is 0.742. The van der Waals surface area contributed by atoms with Crippen LogP contribution in [-0.2, 0) is 0 Å². The van der Waals surface area contributed by atoms with Crippen LogP contribution in [0.3, 0.4) is 0 Å². The van der Waals surface area contributed by atoms with Crippen molar-refractivity contribution in [2.24, 2.45) is 0 Å². The van der Waals surface area contributed by atoms with E-state index in [0.29, 0.717) is 0 Å². The van der Waals surface area contributed by atoms with E-state index >= 15 is 0 Å². The summed E-state index contributed by atoms with van der Waals surface area (Å²) in [6, 6.07) is 0. The Hall–Kier alpha value is 3.32. The summed E-state index contributed by atoms with van der Waals surface area (Å²) in [4.78, 5) is 0. The molecule has 7 heteroatoms. The molecule has 0 aliphatic rings. The Labute approximate surface area is 112 Å². The number of rotatable bonds is 0. The molecule has 0 N–H and O–H groups in total. The van der Waals surface area contributed by atoms with Crippen molar-refractivity contribution in [3.8, 4) is 0 Å². The van der Waals surface area contributed by atoms with Crippen molar-refractivity contribution >= 4 is 104 Å². The molecule has 0 unspecified atom stereocenters. The SMILES string of the molecule is [F][Al]([F])[F].[NaH].[NaH].[NaH]. The summed E-state index contributed by atoms with van der Waals surface area (Å²) in [6.07, 6.45) is 0. The van der Waals surface area contributed by atoms with E-state index in [1.165, 1.54) is 0 Å². The third-order valence-corrected chi connectivity index (χ3v) is 0. The van der Waals surface area contributed by atoms with Crippen molar-refractivity contribution in [1.29, 1.82) is 0 Å². The van der Waals surface area contributed by atoms with Gasteiger partial charge in [0.1, 0.15) is 0 Å². The molecule has 7 heavy (non-hydrogen) atoms. The second-order valence-electron chi connectivity index (χ2n) is 0.247. The number of hydrogen-bond donors (Lipinski definition) is 0. The molecule has 0 amide bonds. The Balaban J connectivity index is -0.0000000150. The van der Waals surface area contributed by atoms with Crippen LogP contribution in [0.4, 0.5) is 10.6 Å². The molecule has 0 radical (unpaired) electrons. The number of hydrogen-bond acceptors (Lipinski definition) is 0. The molecule has 0 atom stereocenters. The van der Waals surface area contributed by atoms with Crippen LogP contribution in [0.15, 0.2) is 0 Å². The summed E-state index contributed by atoms with van der Waals surface area (Å²) in [5.74, 6) is 0.